The molecule has 1 atom stereocenters. The number of thiophene rings is 1. The van der Waals surface area contributed by atoms with Crippen molar-refractivity contribution >= 4 is 17.2 Å². The van der Waals surface area contributed by atoms with Crippen LogP contribution in [-0.2, 0) is 18.3 Å². The molecule has 0 aliphatic carbocycles. The summed E-state index contributed by atoms with van der Waals surface area (Å²) in [5.74, 6) is 1.56. The van der Waals surface area contributed by atoms with Gasteiger partial charge in [0, 0.05) is 32.5 Å². The quantitative estimate of drug-likeness (QED) is 0.870. The molecule has 1 aliphatic heterocycles. The molecule has 1 saturated heterocycles. The Morgan fingerprint density at radius 3 is 3.14 bits per heavy atom. The van der Waals surface area contributed by atoms with Gasteiger partial charge in [0.25, 0.3) is 0 Å². The largest absolute Gasteiger partial charge is 0.342 e. The van der Waals surface area contributed by atoms with Gasteiger partial charge in [-0.1, -0.05) is 0 Å². The lowest BCUT2D eigenvalue weighted by Crippen LogP contribution is -2.39. The Morgan fingerprint density at radius 1 is 1.52 bits per heavy atom. The topological polar surface area (TPSA) is 51.0 Å². The molecule has 0 N–H and O–H groups in total. The Kier molecular flexibility index (Phi) is 4.34. The van der Waals surface area contributed by atoms with Crippen molar-refractivity contribution in [3.63, 3.8) is 0 Å². The van der Waals surface area contributed by atoms with E-state index in [2.05, 4.69) is 27.0 Å². The van der Waals surface area contributed by atoms with Gasteiger partial charge in [-0.15, -0.1) is 10.2 Å². The van der Waals surface area contributed by atoms with Crippen molar-refractivity contribution in [1.82, 2.24) is 19.7 Å². The Morgan fingerprint density at radius 2 is 2.43 bits per heavy atom. The van der Waals surface area contributed by atoms with E-state index < -0.39 is 0 Å². The van der Waals surface area contributed by atoms with E-state index in [1.807, 2.05) is 16.5 Å². The zero-order valence-corrected chi connectivity index (χ0v) is 13.1. The smallest absolute Gasteiger partial charge is 0.222 e. The Balaban J connectivity index is 1.58. The number of aromatic nitrogens is 3. The number of aryl methyl sites for hydroxylation is 2. The van der Waals surface area contributed by atoms with E-state index in [9.17, 15) is 4.79 Å². The Bertz CT molecular complexity index is 593. The van der Waals surface area contributed by atoms with Crippen molar-refractivity contribution in [1.29, 1.82) is 0 Å². The van der Waals surface area contributed by atoms with E-state index in [0.29, 0.717) is 12.3 Å². The van der Waals surface area contributed by atoms with E-state index in [0.717, 1.165) is 38.2 Å². The van der Waals surface area contributed by atoms with Crippen LogP contribution >= 0.6 is 11.3 Å². The molecule has 0 radical (unpaired) electrons. The first kappa shape index (κ1) is 14.3. The number of nitrogens with zero attached hydrogens (tertiary/aromatic N) is 4. The van der Waals surface area contributed by atoms with Gasteiger partial charge in [0.05, 0.1) is 0 Å². The summed E-state index contributed by atoms with van der Waals surface area (Å²) in [6, 6.07) is 2.09. The molecule has 1 unspecified atom stereocenters. The van der Waals surface area contributed by atoms with E-state index in [1.54, 1.807) is 17.7 Å². The average molecular weight is 304 g/mol. The minimum Gasteiger partial charge on any atom is -0.342 e. The van der Waals surface area contributed by atoms with E-state index in [4.69, 9.17) is 0 Å². The Labute approximate surface area is 128 Å². The molecule has 3 heterocycles. The standard InChI is InChI=1S/C15H20N4OS/c1-18-11-16-17-15(18)13-3-2-7-19(9-13)14(20)5-4-12-6-8-21-10-12/h6,8,10-11,13H,2-5,7,9H2,1H3. The molecule has 2 aromatic heterocycles. The molecule has 5 nitrogen and oxygen atoms in total. The van der Waals surface area contributed by atoms with Crippen molar-refractivity contribution in [3.8, 4) is 0 Å². The minimum absolute atomic E-state index is 0.257. The lowest BCUT2D eigenvalue weighted by atomic mass is 9.96. The monoisotopic (exact) mass is 304 g/mol. The number of carbonyl (C=O) groups excluding carboxylic acids is 1. The van der Waals surface area contributed by atoms with E-state index in [1.165, 1.54) is 5.56 Å². The number of hydrogen-bond acceptors (Lipinski definition) is 4. The van der Waals surface area contributed by atoms with E-state index in [-0.39, 0.29) is 5.91 Å². The number of rotatable bonds is 4. The number of amides is 1. The molecule has 0 aromatic carbocycles. The summed E-state index contributed by atoms with van der Waals surface area (Å²) in [4.78, 5) is 14.4. The van der Waals surface area contributed by atoms with Crippen LogP contribution in [0.25, 0.3) is 0 Å². The highest BCUT2D eigenvalue weighted by Crippen LogP contribution is 2.25. The third-order valence-electron chi connectivity index (χ3n) is 4.09. The van der Waals surface area contributed by atoms with Gasteiger partial charge in [-0.25, -0.2) is 0 Å². The van der Waals surface area contributed by atoms with Gasteiger partial charge in [0.1, 0.15) is 12.2 Å². The van der Waals surface area contributed by atoms with Gasteiger partial charge in [-0.3, -0.25) is 4.79 Å². The highest BCUT2D eigenvalue weighted by molar-refractivity contribution is 7.07. The van der Waals surface area contributed by atoms with Gasteiger partial charge in [-0.05, 0) is 41.7 Å². The van der Waals surface area contributed by atoms with Gasteiger partial charge < -0.3 is 9.47 Å². The fraction of sp³-hybridized carbons (Fsp3) is 0.533. The molecule has 3 rings (SSSR count). The third-order valence-corrected chi connectivity index (χ3v) is 4.83. The molecular formula is C15H20N4OS. The van der Waals surface area contributed by atoms with Crippen LogP contribution in [0, 0.1) is 0 Å². The lowest BCUT2D eigenvalue weighted by Gasteiger charge is -2.32. The number of likely N-dealkylation sites (tertiary alicyclic amines) is 1. The maximum atomic E-state index is 12.4. The van der Waals surface area contributed by atoms with Crippen LogP contribution in [0.15, 0.2) is 23.2 Å². The van der Waals surface area contributed by atoms with Gasteiger partial charge >= 0.3 is 0 Å². The molecule has 0 spiro atoms. The zero-order valence-electron chi connectivity index (χ0n) is 12.2. The predicted molar refractivity (Wildman–Crippen MR) is 82.2 cm³/mol. The maximum Gasteiger partial charge on any atom is 0.222 e. The summed E-state index contributed by atoms with van der Waals surface area (Å²) in [5.41, 5.74) is 1.26. The van der Waals surface area contributed by atoms with Gasteiger partial charge in [-0.2, -0.15) is 11.3 Å². The van der Waals surface area contributed by atoms with Crippen LogP contribution < -0.4 is 0 Å². The molecule has 2 aromatic rings. The summed E-state index contributed by atoms with van der Waals surface area (Å²) >= 11 is 1.68. The van der Waals surface area contributed by atoms with Crippen LogP contribution in [-0.4, -0.2) is 38.7 Å². The normalized spacial score (nSPS) is 18.9. The van der Waals surface area contributed by atoms with Gasteiger partial charge in [0.2, 0.25) is 5.91 Å². The fourth-order valence-corrected chi connectivity index (χ4v) is 3.62. The summed E-state index contributed by atoms with van der Waals surface area (Å²) < 4.78 is 1.96. The first-order valence-corrected chi connectivity index (χ1v) is 8.31. The summed E-state index contributed by atoms with van der Waals surface area (Å²) in [6.45, 7) is 1.64. The van der Waals surface area contributed by atoms with Crippen molar-refractivity contribution in [2.75, 3.05) is 13.1 Å². The summed E-state index contributed by atoms with van der Waals surface area (Å²) in [6.07, 6.45) is 5.30. The number of carbonyl (C=O) groups is 1. The molecule has 1 fully saturated rings. The Hall–Kier alpha value is -1.69. The maximum absolute atomic E-state index is 12.4. The second-order valence-corrected chi connectivity index (χ2v) is 6.39. The summed E-state index contributed by atoms with van der Waals surface area (Å²) in [7, 11) is 1.96. The van der Waals surface area contributed by atoms with Gasteiger partial charge in [0.15, 0.2) is 0 Å². The second-order valence-electron chi connectivity index (χ2n) is 5.61. The minimum atomic E-state index is 0.257. The number of piperidine rings is 1. The molecule has 6 heteroatoms. The fourth-order valence-electron chi connectivity index (χ4n) is 2.92. The van der Waals surface area contributed by atoms with E-state index >= 15 is 0 Å². The first-order chi connectivity index (χ1) is 10.2. The molecule has 0 bridgehead atoms. The van der Waals surface area contributed by atoms with Crippen LogP contribution in [0.5, 0.6) is 0 Å². The molecular weight excluding hydrogens is 284 g/mol. The molecule has 112 valence electrons. The second kappa shape index (κ2) is 6.39. The lowest BCUT2D eigenvalue weighted by molar-refractivity contribution is -0.132. The molecule has 1 aliphatic rings. The van der Waals surface area contributed by atoms with Crippen molar-refractivity contribution < 1.29 is 4.79 Å². The van der Waals surface area contributed by atoms with Crippen LogP contribution in [0.3, 0.4) is 0 Å². The number of hydrogen-bond donors (Lipinski definition) is 0. The predicted octanol–water partition coefficient (Wildman–Crippen LogP) is 2.22. The highest BCUT2D eigenvalue weighted by atomic mass is 32.1. The third kappa shape index (κ3) is 3.32. The molecule has 1 amide bonds. The zero-order chi connectivity index (χ0) is 14.7. The van der Waals surface area contributed by atoms with Crippen LogP contribution in [0.1, 0.15) is 36.6 Å². The molecule has 0 saturated carbocycles. The highest BCUT2D eigenvalue weighted by Gasteiger charge is 2.27. The van der Waals surface area contributed by atoms with Crippen molar-refractivity contribution in [2.45, 2.75) is 31.6 Å². The summed E-state index contributed by atoms with van der Waals surface area (Å²) in [5, 5.41) is 12.3. The van der Waals surface area contributed by atoms with Crippen molar-refractivity contribution in [3.05, 3.63) is 34.5 Å². The SMILES string of the molecule is Cn1cnnc1C1CCCN(C(=O)CCc2ccsc2)C1. The van der Waals surface area contributed by atoms with Crippen molar-refractivity contribution in [2.24, 2.45) is 7.05 Å². The van der Waals surface area contributed by atoms with Crippen LogP contribution in [0.4, 0.5) is 0 Å². The average Bonchev–Trinajstić information content (AvgIpc) is 3.16. The van der Waals surface area contributed by atoms with Crippen LogP contribution in [0.2, 0.25) is 0 Å². The molecule has 21 heavy (non-hydrogen) atoms. The first-order valence-electron chi connectivity index (χ1n) is 7.37.